The van der Waals surface area contributed by atoms with Crippen molar-refractivity contribution in [3.63, 3.8) is 0 Å². The van der Waals surface area contributed by atoms with Crippen molar-refractivity contribution >= 4 is 19.5 Å². The topological polar surface area (TPSA) is 196 Å². The minimum atomic E-state index is -4.86. The van der Waals surface area contributed by atoms with E-state index in [0.29, 0.717) is 0 Å². The van der Waals surface area contributed by atoms with Crippen molar-refractivity contribution in [3.05, 3.63) is 4.91 Å². The van der Waals surface area contributed by atoms with Crippen LogP contribution in [0.4, 0.5) is 0 Å². The summed E-state index contributed by atoms with van der Waals surface area (Å²) in [7, 11) is -4.86. The molecule has 0 aliphatic heterocycles. The normalized spacial score (nSPS) is 16.3. The van der Waals surface area contributed by atoms with Crippen LogP contribution in [0.5, 0.6) is 0 Å². The third-order valence-electron chi connectivity index (χ3n) is 1.96. The highest BCUT2D eigenvalue weighted by atomic mass is 31.2. The molecule has 0 unspecified atom stereocenters. The molecular formula is C7H13NO10P+. The summed E-state index contributed by atoms with van der Waals surface area (Å²) in [5.74, 6) is -1.71. The summed E-state index contributed by atoms with van der Waals surface area (Å²) in [6.45, 7) is -1.00. The largest absolute Gasteiger partial charge is 0.472 e. The average molecular weight is 302 g/mol. The fraction of sp³-hybridized carbons (Fsp3) is 0.714. The van der Waals surface area contributed by atoms with Gasteiger partial charge in [-0.15, -0.1) is 0 Å². The highest BCUT2D eigenvalue weighted by molar-refractivity contribution is 7.46. The summed E-state index contributed by atoms with van der Waals surface area (Å²) in [5.41, 5.74) is -0.977. The van der Waals surface area contributed by atoms with Crippen LogP contribution in [0.15, 0.2) is 0 Å². The molecule has 0 saturated carbocycles. The van der Waals surface area contributed by atoms with Gasteiger partial charge in [0.2, 0.25) is 4.85 Å². The van der Waals surface area contributed by atoms with Crippen LogP contribution in [0.1, 0.15) is 6.42 Å². The Morgan fingerprint density at radius 1 is 1.21 bits per heavy atom. The van der Waals surface area contributed by atoms with E-state index in [0.717, 1.165) is 0 Å². The molecule has 0 aromatic rings. The number of aliphatic hydroxyl groups excluding tert-OH is 3. The number of aliphatic carboxylic acids is 1. The molecule has 6 N–H and O–H groups in total. The van der Waals surface area contributed by atoms with Gasteiger partial charge in [-0.25, -0.2) is 9.36 Å². The molecule has 0 fully saturated rings. The molecule has 11 nitrogen and oxygen atoms in total. The predicted molar refractivity (Wildman–Crippen MR) is 58.8 cm³/mol. The van der Waals surface area contributed by atoms with Gasteiger partial charge in [-0.05, 0) is 0 Å². The monoisotopic (exact) mass is 302 g/mol. The van der Waals surface area contributed by atoms with Crippen molar-refractivity contribution < 1.29 is 44.1 Å². The van der Waals surface area contributed by atoms with Gasteiger partial charge in [0.1, 0.15) is 12.2 Å². The minimum absolute atomic E-state index is 0.854. The quantitative estimate of drug-likeness (QED) is 0.152. The molecular weight excluding hydrogens is 289 g/mol. The predicted octanol–water partition coefficient (Wildman–Crippen LogP) is -3.07. The number of nitrogens with zero attached hydrogens (tertiary/aromatic N) is 1. The number of aliphatic hydroxyl groups is 3. The zero-order valence-corrected chi connectivity index (χ0v) is 10.3. The van der Waals surface area contributed by atoms with Crippen LogP contribution in [0.3, 0.4) is 0 Å². The second-order valence-corrected chi connectivity index (χ2v) is 4.70. The Labute approximate surface area is 106 Å². The van der Waals surface area contributed by atoms with Crippen molar-refractivity contribution in [2.45, 2.75) is 24.7 Å². The number of phosphoric acid groups is 1. The maximum Gasteiger partial charge on any atom is 0.469 e. The molecule has 0 amide bonds. The van der Waals surface area contributed by atoms with Gasteiger partial charge in [0.05, 0.1) is 19.1 Å². The molecule has 3 atom stereocenters. The van der Waals surface area contributed by atoms with Gasteiger partial charge in [-0.1, -0.05) is 0 Å². The Morgan fingerprint density at radius 3 is 2.11 bits per heavy atom. The van der Waals surface area contributed by atoms with Gasteiger partial charge in [0, 0.05) is 0 Å². The molecule has 0 aliphatic carbocycles. The number of carbonyl (C=O) groups is 1. The van der Waals surface area contributed by atoms with Gasteiger partial charge in [0.15, 0.2) is 4.91 Å². The Kier molecular flexibility index (Phi) is 6.98. The van der Waals surface area contributed by atoms with E-state index in [2.05, 4.69) is 9.38 Å². The molecule has 0 aromatic heterocycles. The molecule has 0 radical (unpaired) electrons. The molecule has 0 spiro atoms. The number of nitroso groups, excluding NO2 is 1. The van der Waals surface area contributed by atoms with Gasteiger partial charge in [0.25, 0.3) is 0 Å². The zero-order valence-electron chi connectivity index (χ0n) is 9.36. The SMILES string of the molecule is O=[N+]=C(C[C@@H](O)[C@H](O)[C@H](O)COP(=O)(O)O)C(=O)O. The molecule has 0 bridgehead atoms. The van der Waals surface area contributed by atoms with Crippen LogP contribution < -0.4 is 4.85 Å². The third kappa shape index (κ3) is 7.11. The highest BCUT2D eigenvalue weighted by Crippen LogP contribution is 2.35. The standard InChI is InChI=1S/C7H12NO10P/c9-4(1-3(8-14)7(12)13)6(11)5(10)2-18-19(15,16)17/h4-6,9-11H,1-2H2,(H2-,12,13,15,16,17)/p+1/t4-,5-,6+/m1/s1. The number of hydrogen-bond donors (Lipinski definition) is 6. The first kappa shape index (κ1) is 17.8. The second-order valence-electron chi connectivity index (χ2n) is 3.46. The Balaban J connectivity index is 4.47. The number of carboxylic acids is 1. The van der Waals surface area contributed by atoms with Crippen LogP contribution in [0, 0.1) is 4.91 Å². The fourth-order valence-corrected chi connectivity index (χ4v) is 1.36. The molecule has 12 heteroatoms. The molecule has 0 heterocycles. The van der Waals surface area contributed by atoms with E-state index in [1.165, 1.54) is 0 Å². The highest BCUT2D eigenvalue weighted by Gasteiger charge is 2.34. The van der Waals surface area contributed by atoms with E-state index in [4.69, 9.17) is 14.9 Å². The van der Waals surface area contributed by atoms with Gasteiger partial charge in [-0.3, -0.25) is 4.52 Å². The molecule has 0 rings (SSSR count). The van der Waals surface area contributed by atoms with Crippen molar-refractivity contribution in [1.29, 1.82) is 0 Å². The number of hydrogen-bond acceptors (Lipinski definition) is 7. The first-order valence-corrected chi connectivity index (χ1v) is 6.28. The lowest BCUT2D eigenvalue weighted by molar-refractivity contribution is -0.129. The second kappa shape index (κ2) is 7.43. The maximum atomic E-state index is 10.4. The molecule has 110 valence electrons. The summed E-state index contributed by atoms with van der Waals surface area (Å²) in [5, 5.41) is 36.3. The van der Waals surface area contributed by atoms with E-state index in [1.807, 2.05) is 0 Å². The lowest BCUT2D eigenvalue weighted by atomic mass is 10.0. The van der Waals surface area contributed by atoms with Gasteiger partial charge >= 0.3 is 19.5 Å². The number of phosphoric ester groups is 1. The van der Waals surface area contributed by atoms with Crippen LogP contribution in [-0.2, 0) is 13.9 Å². The smallest absolute Gasteiger partial charge is 0.469 e. The van der Waals surface area contributed by atoms with Crippen molar-refractivity contribution in [2.24, 2.45) is 0 Å². The summed E-state index contributed by atoms with van der Waals surface area (Å²) in [4.78, 5) is 39.3. The summed E-state index contributed by atoms with van der Waals surface area (Å²) in [6.07, 6.45) is -6.61. The molecule has 0 aromatic carbocycles. The maximum absolute atomic E-state index is 10.4. The Bertz CT molecular complexity index is 412. The molecule has 19 heavy (non-hydrogen) atoms. The zero-order chi connectivity index (χ0) is 15.2. The summed E-state index contributed by atoms with van der Waals surface area (Å²) >= 11 is 0. The van der Waals surface area contributed by atoms with E-state index in [-0.39, 0.29) is 0 Å². The molecule has 0 aliphatic rings. The van der Waals surface area contributed by atoms with Crippen molar-refractivity contribution in [2.75, 3.05) is 6.61 Å². The number of carboxylic acid groups (broad SMARTS) is 1. The minimum Gasteiger partial charge on any atom is -0.472 e. The Morgan fingerprint density at radius 2 is 1.74 bits per heavy atom. The van der Waals surface area contributed by atoms with Crippen LogP contribution in [0.25, 0.3) is 0 Å². The fourth-order valence-electron chi connectivity index (χ4n) is 1.01. The van der Waals surface area contributed by atoms with E-state index >= 15 is 0 Å². The summed E-state index contributed by atoms with van der Waals surface area (Å²) < 4.78 is 14.2. The first-order valence-electron chi connectivity index (χ1n) is 4.75. The first-order chi connectivity index (χ1) is 8.58. The third-order valence-corrected chi connectivity index (χ3v) is 2.45. The lowest BCUT2D eigenvalue weighted by Crippen LogP contribution is -2.42. The van der Waals surface area contributed by atoms with Gasteiger partial charge < -0.3 is 30.2 Å². The molecule has 0 saturated heterocycles. The van der Waals surface area contributed by atoms with Crippen LogP contribution in [0.2, 0.25) is 0 Å². The van der Waals surface area contributed by atoms with Crippen molar-refractivity contribution in [3.8, 4) is 0 Å². The van der Waals surface area contributed by atoms with E-state index in [9.17, 15) is 29.6 Å². The number of rotatable bonds is 8. The van der Waals surface area contributed by atoms with Gasteiger partial charge in [-0.2, -0.15) is 0 Å². The lowest BCUT2D eigenvalue weighted by Gasteiger charge is -2.21. The van der Waals surface area contributed by atoms with E-state index in [1.54, 1.807) is 0 Å². The summed E-state index contributed by atoms with van der Waals surface area (Å²) in [6, 6.07) is 0. The average Bonchev–Trinajstić information content (AvgIpc) is 2.30. The van der Waals surface area contributed by atoms with Crippen LogP contribution in [-0.4, -0.2) is 66.8 Å². The van der Waals surface area contributed by atoms with Crippen molar-refractivity contribution in [1.82, 2.24) is 4.85 Å². The van der Waals surface area contributed by atoms with E-state index < -0.39 is 50.8 Å². The van der Waals surface area contributed by atoms with Crippen LogP contribution >= 0.6 is 7.82 Å². The Hall–Kier alpha value is -1.16.